The Balaban J connectivity index is 1.83. The van der Waals surface area contributed by atoms with Gasteiger partial charge in [0.25, 0.3) is 0 Å². The van der Waals surface area contributed by atoms with E-state index in [1.807, 2.05) is 0 Å². The second-order valence-corrected chi connectivity index (χ2v) is 6.34. The van der Waals surface area contributed by atoms with E-state index in [0.717, 1.165) is 36.9 Å². The minimum atomic E-state index is -0.411. The van der Waals surface area contributed by atoms with Crippen LogP contribution in [0, 0.1) is 12.8 Å². The van der Waals surface area contributed by atoms with Gasteiger partial charge in [-0.15, -0.1) is 0 Å². The Labute approximate surface area is 140 Å². The van der Waals surface area contributed by atoms with Gasteiger partial charge in [0.2, 0.25) is 5.91 Å². The van der Waals surface area contributed by atoms with E-state index in [0.29, 0.717) is 17.7 Å². The smallest absolute Gasteiger partial charge is 0.336 e. The average Bonchev–Trinajstić information content (AvgIpc) is 2.58. The second kappa shape index (κ2) is 6.65. The van der Waals surface area contributed by atoms with Gasteiger partial charge in [0.1, 0.15) is 11.3 Å². The third kappa shape index (κ3) is 3.14. The summed E-state index contributed by atoms with van der Waals surface area (Å²) in [5.74, 6) is 0.295. The number of nitrogens with one attached hydrogen (secondary N) is 1. The highest BCUT2D eigenvalue weighted by molar-refractivity contribution is 5.84. The summed E-state index contributed by atoms with van der Waals surface area (Å²) in [4.78, 5) is 25.8. The Bertz CT molecular complexity index is 820. The Hall–Kier alpha value is -2.34. The van der Waals surface area contributed by atoms with Crippen LogP contribution in [0.1, 0.15) is 24.0 Å². The summed E-state index contributed by atoms with van der Waals surface area (Å²) in [5, 5.41) is 13.4. The summed E-state index contributed by atoms with van der Waals surface area (Å²) in [5.41, 5.74) is 1.50. The number of rotatable bonds is 3. The van der Waals surface area contributed by atoms with E-state index < -0.39 is 5.63 Å². The molecule has 128 valence electrons. The quantitative estimate of drug-likeness (QED) is 0.838. The van der Waals surface area contributed by atoms with Gasteiger partial charge in [-0.05, 0) is 50.6 Å². The van der Waals surface area contributed by atoms with Gasteiger partial charge in [0.15, 0.2) is 0 Å². The summed E-state index contributed by atoms with van der Waals surface area (Å²) in [6, 6.07) is 4.93. The lowest BCUT2D eigenvalue weighted by Gasteiger charge is -2.31. The zero-order valence-corrected chi connectivity index (χ0v) is 14.0. The molecule has 1 aromatic carbocycles. The van der Waals surface area contributed by atoms with Crippen molar-refractivity contribution in [3.63, 3.8) is 0 Å². The van der Waals surface area contributed by atoms with Crippen LogP contribution < -0.4 is 10.9 Å². The molecule has 0 radical (unpaired) electrons. The van der Waals surface area contributed by atoms with E-state index >= 15 is 0 Å². The molecule has 1 aromatic heterocycles. The first-order valence-corrected chi connectivity index (χ1v) is 8.19. The molecule has 1 amide bonds. The summed E-state index contributed by atoms with van der Waals surface area (Å²) >= 11 is 0. The Kier molecular flexibility index (Phi) is 4.57. The maximum absolute atomic E-state index is 11.9. The predicted molar refractivity (Wildman–Crippen MR) is 91.0 cm³/mol. The number of phenols is 1. The molecule has 6 nitrogen and oxygen atoms in total. The van der Waals surface area contributed by atoms with Gasteiger partial charge in [-0.25, -0.2) is 4.79 Å². The van der Waals surface area contributed by atoms with Crippen LogP contribution in [0.4, 0.5) is 0 Å². The van der Waals surface area contributed by atoms with Crippen molar-refractivity contribution in [2.75, 3.05) is 20.1 Å². The molecule has 0 atom stereocenters. The number of carbonyl (C=O) groups is 1. The number of hydrogen-bond acceptors (Lipinski definition) is 5. The van der Waals surface area contributed by atoms with Gasteiger partial charge >= 0.3 is 5.63 Å². The predicted octanol–water partition coefficient (Wildman–Crippen LogP) is 1.77. The van der Waals surface area contributed by atoms with E-state index in [9.17, 15) is 14.7 Å². The third-order valence-electron chi connectivity index (χ3n) is 4.82. The monoisotopic (exact) mass is 330 g/mol. The number of fused-ring (bicyclic) bond motifs is 1. The van der Waals surface area contributed by atoms with Crippen molar-refractivity contribution in [3.8, 4) is 5.75 Å². The topological polar surface area (TPSA) is 82.8 Å². The second-order valence-electron chi connectivity index (χ2n) is 6.34. The third-order valence-corrected chi connectivity index (χ3v) is 4.82. The highest BCUT2D eigenvalue weighted by Gasteiger charge is 2.24. The molecule has 1 aliphatic heterocycles. The molecule has 0 aliphatic carbocycles. The molecule has 0 unspecified atom stereocenters. The summed E-state index contributed by atoms with van der Waals surface area (Å²) < 4.78 is 5.28. The molecule has 0 bridgehead atoms. The van der Waals surface area contributed by atoms with Gasteiger partial charge in [-0.1, -0.05) is 0 Å². The molecule has 2 heterocycles. The number of aryl methyl sites for hydroxylation is 1. The van der Waals surface area contributed by atoms with Crippen LogP contribution in [0.3, 0.4) is 0 Å². The minimum absolute atomic E-state index is 0.0722. The number of phenolic OH excluding ortho intramolecular Hbond substituents is 1. The maximum atomic E-state index is 11.9. The fourth-order valence-corrected chi connectivity index (χ4v) is 3.34. The van der Waals surface area contributed by atoms with E-state index in [2.05, 4.69) is 10.2 Å². The fraction of sp³-hybridized carbons (Fsp3) is 0.444. The molecule has 2 aromatic rings. The molecule has 6 heteroatoms. The first kappa shape index (κ1) is 16.5. The van der Waals surface area contributed by atoms with Crippen molar-refractivity contribution in [2.24, 2.45) is 5.92 Å². The van der Waals surface area contributed by atoms with Gasteiger partial charge in [0, 0.05) is 36.5 Å². The van der Waals surface area contributed by atoms with Crippen molar-refractivity contribution < 1.29 is 14.3 Å². The number of piperidine rings is 1. The lowest BCUT2D eigenvalue weighted by molar-refractivity contribution is -0.125. The van der Waals surface area contributed by atoms with Crippen LogP contribution in [0.5, 0.6) is 5.75 Å². The van der Waals surface area contributed by atoms with E-state index in [4.69, 9.17) is 4.42 Å². The van der Waals surface area contributed by atoms with Crippen LogP contribution >= 0.6 is 0 Å². The number of aromatic hydroxyl groups is 1. The molecular formula is C18H22N2O4. The number of likely N-dealkylation sites (tertiary alicyclic amines) is 1. The lowest BCUT2D eigenvalue weighted by atomic mass is 9.95. The highest BCUT2D eigenvalue weighted by Crippen LogP contribution is 2.28. The van der Waals surface area contributed by atoms with E-state index in [-0.39, 0.29) is 17.6 Å². The largest absolute Gasteiger partial charge is 0.508 e. The summed E-state index contributed by atoms with van der Waals surface area (Å²) in [6.07, 6.45) is 1.64. The zero-order chi connectivity index (χ0) is 17.3. The first-order valence-electron chi connectivity index (χ1n) is 8.19. The van der Waals surface area contributed by atoms with Crippen LogP contribution in [0.25, 0.3) is 11.0 Å². The first-order chi connectivity index (χ1) is 11.5. The Morgan fingerprint density at radius 3 is 2.75 bits per heavy atom. The van der Waals surface area contributed by atoms with Crippen molar-refractivity contribution in [1.82, 2.24) is 10.2 Å². The molecule has 2 N–H and O–H groups in total. The van der Waals surface area contributed by atoms with Gasteiger partial charge in [-0.2, -0.15) is 0 Å². The molecule has 1 aliphatic rings. The number of hydrogen-bond donors (Lipinski definition) is 2. The van der Waals surface area contributed by atoms with Crippen molar-refractivity contribution in [3.05, 3.63) is 39.7 Å². The highest BCUT2D eigenvalue weighted by atomic mass is 16.4. The lowest BCUT2D eigenvalue weighted by Crippen LogP contribution is -2.39. The van der Waals surface area contributed by atoms with E-state index in [1.54, 1.807) is 26.1 Å². The van der Waals surface area contributed by atoms with Crippen LogP contribution in [0.15, 0.2) is 27.4 Å². The van der Waals surface area contributed by atoms with Crippen LogP contribution in [0.2, 0.25) is 0 Å². The molecule has 3 rings (SSSR count). The van der Waals surface area contributed by atoms with Crippen LogP contribution in [-0.4, -0.2) is 36.1 Å². The van der Waals surface area contributed by atoms with Gasteiger partial charge in [-0.3, -0.25) is 9.69 Å². The summed E-state index contributed by atoms with van der Waals surface area (Å²) in [6.45, 7) is 4.00. The fourth-order valence-electron chi connectivity index (χ4n) is 3.34. The molecule has 0 saturated carbocycles. The van der Waals surface area contributed by atoms with E-state index in [1.165, 1.54) is 6.07 Å². The summed E-state index contributed by atoms with van der Waals surface area (Å²) in [7, 11) is 1.67. The standard InChI is InChI=1S/C18H22N2O4/c1-11-15(21)4-3-14-13(9-16(22)24-17(11)14)10-20-7-5-12(6-8-20)18(23)19-2/h3-4,9,12,21H,5-8,10H2,1-2H3,(H,19,23). The molecule has 24 heavy (non-hydrogen) atoms. The Morgan fingerprint density at radius 1 is 1.38 bits per heavy atom. The zero-order valence-electron chi connectivity index (χ0n) is 14.0. The number of carbonyl (C=O) groups excluding carboxylic acids is 1. The average molecular weight is 330 g/mol. The van der Waals surface area contributed by atoms with Crippen molar-refractivity contribution >= 4 is 16.9 Å². The van der Waals surface area contributed by atoms with Gasteiger partial charge in [0.05, 0.1) is 0 Å². The Morgan fingerprint density at radius 2 is 2.08 bits per heavy atom. The minimum Gasteiger partial charge on any atom is -0.508 e. The number of amides is 1. The number of nitrogens with zero attached hydrogens (tertiary/aromatic N) is 1. The maximum Gasteiger partial charge on any atom is 0.336 e. The SMILES string of the molecule is CNC(=O)C1CCN(Cc2cc(=O)oc3c(C)c(O)ccc23)CC1. The molecule has 1 saturated heterocycles. The van der Waals surface area contributed by atoms with Crippen molar-refractivity contribution in [1.29, 1.82) is 0 Å². The van der Waals surface area contributed by atoms with Gasteiger partial charge < -0.3 is 14.8 Å². The molecule has 1 fully saturated rings. The molecular weight excluding hydrogens is 308 g/mol. The number of benzene rings is 1. The van der Waals surface area contributed by atoms with Crippen molar-refractivity contribution in [2.45, 2.75) is 26.3 Å². The normalized spacial score (nSPS) is 16.4. The molecule has 0 spiro atoms. The van der Waals surface area contributed by atoms with Crippen LogP contribution in [-0.2, 0) is 11.3 Å².